The van der Waals surface area contributed by atoms with Gasteiger partial charge in [0.05, 0.1) is 29.7 Å². The second-order valence-electron chi connectivity index (χ2n) is 7.34. The van der Waals surface area contributed by atoms with Crippen molar-refractivity contribution in [1.82, 2.24) is 4.98 Å². The molecule has 6 nitrogen and oxygen atoms in total. The van der Waals surface area contributed by atoms with Crippen molar-refractivity contribution in [3.63, 3.8) is 0 Å². The molecule has 1 aliphatic heterocycles. The molecular weight excluding hydrogens is 330 g/mol. The van der Waals surface area contributed by atoms with Crippen molar-refractivity contribution < 1.29 is 14.3 Å². The monoisotopic (exact) mass is 353 g/mol. The van der Waals surface area contributed by atoms with Gasteiger partial charge in [-0.15, -0.1) is 0 Å². The van der Waals surface area contributed by atoms with E-state index in [0.717, 1.165) is 24.0 Å². The molecule has 2 aliphatic rings. The van der Waals surface area contributed by atoms with Crippen LogP contribution in [0.3, 0.4) is 0 Å². The molecule has 2 heterocycles. The van der Waals surface area contributed by atoms with Crippen LogP contribution in [-0.4, -0.2) is 36.3 Å². The van der Waals surface area contributed by atoms with E-state index >= 15 is 0 Å². The normalized spacial score (nSPS) is 21.3. The molecule has 1 aliphatic carbocycles. The fourth-order valence-corrected chi connectivity index (χ4v) is 2.95. The number of rotatable bonds is 6. The van der Waals surface area contributed by atoms with E-state index < -0.39 is 0 Å². The minimum Gasteiger partial charge on any atom is -0.489 e. The average Bonchev–Trinajstić information content (AvgIpc) is 3.46. The Morgan fingerprint density at radius 3 is 3.08 bits per heavy atom. The number of carbonyl (C=O) groups excluding carboxylic acids is 1. The number of pyridine rings is 1. The maximum atomic E-state index is 12.5. The summed E-state index contributed by atoms with van der Waals surface area (Å²) in [6, 6.07) is 8.99. The second kappa shape index (κ2) is 6.96. The molecule has 26 heavy (non-hydrogen) atoms. The number of anilines is 2. The first-order valence-electron chi connectivity index (χ1n) is 8.95. The average molecular weight is 353 g/mol. The van der Waals surface area contributed by atoms with Gasteiger partial charge in [-0.3, -0.25) is 9.78 Å². The van der Waals surface area contributed by atoms with Crippen molar-refractivity contribution in [3.05, 3.63) is 48.3 Å². The number of nitrogens with zero attached hydrogens (tertiary/aromatic N) is 1. The highest BCUT2D eigenvalue weighted by Gasteiger charge is 2.32. The van der Waals surface area contributed by atoms with Crippen LogP contribution >= 0.6 is 0 Å². The highest BCUT2D eigenvalue weighted by molar-refractivity contribution is 6.05. The van der Waals surface area contributed by atoms with Gasteiger partial charge in [-0.2, -0.15) is 0 Å². The van der Waals surface area contributed by atoms with E-state index in [0.29, 0.717) is 24.5 Å². The van der Waals surface area contributed by atoms with E-state index in [1.165, 1.54) is 12.8 Å². The number of benzene rings is 1. The Bertz CT molecular complexity index is 792. The summed E-state index contributed by atoms with van der Waals surface area (Å²) < 4.78 is 11.7. The molecule has 1 saturated carbocycles. The smallest absolute Gasteiger partial charge is 0.255 e. The molecule has 0 spiro atoms. The zero-order valence-electron chi connectivity index (χ0n) is 14.8. The molecule has 1 unspecified atom stereocenters. The van der Waals surface area contributed by atoms with Gasteiger partial charge in [-0.25, -0.2) is 0 Å². The molecular formula is C20H23N3O3. The predicted molar refractivity (Wildman–Crippen MR) is 99.7 cm³/mol. The quantitative estimate of drug-likeness (QED) is 0.833. The molecule has 1 fully saturated rings. The Morgan fingerprint density at radius 1 is 1.42 bits per heavy atom. The molecule has 1 amide bonds. The Labute approximate surface area is 152 Å². The van der Waals surface area contributed by atoms with E-state index in [-0.39, 0.29) is 11.4 Å². The van der Waals surface area contributed by atoms with Gasteiger partial charge >= 0.3 is 0 Å². The SMILES string of the molecule is CC1(COCC2CC2)COc2ccc(C(=O)Nc3cccnc3)cc2N1. The first-order chi connectivity index (χ1) is 12.6. The summed E-state index contributed by atoms with van der Waals surface area (Å²) in [5, 5.41) is 6.33. The lowest BCUT2D eigenvalue weighted by molar-refractivity contribution is 0.0667. The van der Waals surface area contributed by atoms with E-state index in [9.17, 15) is 4.79 Å². The Balaban J connectivity index is 1.43. The summed E-state index contributed by atoms with van der Waals surface area (Å²) in [6.45, 7) is 4.00. The van der Waals surface area contributed by atoms with Crippen molar-refractivity contribution >= 4 is 17.3 Å². The Hall–Kier alpha value is -2.60. The van der Waals surface area contributed by atoms with Gasteiger partial charge in [0.15, 0.2) is 0 Å². The number of fused-ring (bicyclic) bond motifs is 1. The first-order valence-corrected chi connectivity index (χ1v) is 8.95. The van der Waals surface area contributed by atoms with Crippen molar-refractivity contribution in [1.29, 1.82) is 0 Å². The predicted octanol–water partition coefficient (Wildman–Crippen LogP) is 3.32. The standard InChI is InChI=1S/C20H23N3O3/c1-20(12-25-11-14-4-5-14)13-26-18-7-6-15(9-17(18)23-20)19(24)22-16-3-2-8-21-10-16/h2-3,6-10,14,23H,4-5,11-13H2,1H3,(H,22,24). The fraction of sp³-hybridized carbons (Fsp3) is 0.400. The zero-order valence-corrected chi connectivity index (χ0v) is 14.8. The lowest BCUT2D eigenvalue weighted by atomic mass is 10.0. The Kier molecular flexibility index (Phi) is 4.51. The second-order valence-corrected chi connectivity index (χ2v) is 7.34. The summed E-state index contributed by atoms with van der Waals surface area (Å²) in [7, 11) is 0. The molecule has 0 saturated heterocycles. The van der Waals surface area contributed by atoms with Gasteiger partial charge in [0.25, 0.3) is 5.91 Å². The van der Waals surface area contributed by atoms with E-state index in [1.54, 1.807) is 30.6 Å². The van der Waals surface area contributed by atoms with E-state index in [1.807, 2.05) is 12.1 Å². The maximum Gasteiger partial charge on any atom is 0.255 e. The molecule has 1 aromatic carbocycles. The van der Waals surface area contributed by atoms with Gasteiger partial charge in [-0.1, -0.05) is 0 Å². The van der Waals surface area contributed by atoms with Gasteiger partial charge in [0.2, 0.25) is 0 Å². The first kappa shape index (κ1) is 16.8. The van der Waals surface area contributed by atoms with Gasteiger partial charge in [0, 0.05) is 18.4 Å². The molecule has 1 atom stereocenters. The number of amides is 1. The Morgan fingerprint density at radius 2 is 2.31 bits per heavy atom. The number of hydrogen-bond donors (Lipinski definition) is 2. The van der Waals surface area contributed by atoms with Crippen molar-refractivity contribution in [2.75, 3.05) is 30.5 Å². The molecule has 136 valence electrons. The van der Waals surface area contributed by atoms with Crippen LogP contribution in [0.5, 0.6) is 5.75 Å². The third-order valence-electron chi connectivity index (χ3n) is 4.61. The van der Waals surface area contributed by atoms with E-state index in [4.69, 9.17) is 9.47 Å². The highest BCUT2D eigenvalue weighted by Crippen LogP contribution is 2.34. The van der Waals surface area contributed by atoms with Crippen LogP contribution in [0.1, 0.15) is 30.1 Å². The zero-order chi connectivity index (χ0) is 18.0. The van der Waals surface area contributed by atoms with Crippen molar-refractivity contribution in [2.24, 2.45) is 5.92 Å². The van der Waals surface area contributed by atoms with Gasteiger partial charge < -0.3 is 20.1 Å². The molecule has 2 N–H and O–H groups in total. The lowest BCUT2D eigenvalue weighted by Gasteiger charge is -2.36. The maximum absolute atomic E-state index is 12.5. The topological polar surface area (TPSA) is 72.5 Å². The minimum absolute atomic E-state index is 0.181. The third kappa shape index (κ3) is 3.96. The largest absolute Gasteiger partial charge is 0.489 e. The number of carbonyl (C=O) groups is 1. The third-order valence-corrected chi connectivity index (χ3v) is 4.61. The molecule has 4 rings (SSSR count). The van der Waals surface area contributed by atoms with Crippen LogP contribution in [0.4, 0.5) is 11.4 Å². The van der Waals surface area contributed by atoms with Crippen LogP contribution in [-0.2, 0) is 4.74 Å². The van der Waals surface area contributed by atoms with Gasteiger partial charge in [-0.05, 0) is 56.0 Å². The summed E-state index contributed by atoms with van der Waals surface area (Å²) in [6.07, 6.45) is 5.84. The molecule has 2 aromatic rings. The number of hydrogen-bond acceptors (Lipinski definition) is 5. The van der Waals surface area contributed by atoms with Crippen LogP contribution in [0, 0.1) is 5.92 Å². The van der Waals surface area contributed by atoms with Crippen molar-refractivity contribution in [3.8, 4) is 5.75 Å². The number of ether oxygens (including phenoxy) is 2. The summed E-state index contributed by atoms with van der Waals surface area (Å²) in [4.78, 5) is 16.5. The molecule has 0 radical (unpaired) electrons. The molecule has 6 heteroatoms. The fourth-order valence-electron chi connectivity index (χ4n) is 2.95. The van der Waals surface area contributed by atoms with Crippen LogP contribution in [0.25, 0.3) is 0 Å². The lowest BCUT2D eigenvalue weighted by Crippen LogP contribution is -2.48. The van der Waals surface area contributed by atoms with Gasteiger partial charge in [0.1, 0.15) is 12.4 Å². The molecule has 1 aromatic heterocycles. The summed E-state index contributed by atoms with van der Waals surface area (Å²) in [5.41, 5.74) is 1.73. The number of aromatic nitrogens is 1. The summed E-state index contributed by atoms with van der Waals surface area (Å²) in [5.74, 6) is 1.31. The summed E-state index contributed by atoms with van der Waals surface area (Å²) >= 11 is 0. The highest BCUT2D eigenvalue weighted by atomic mass is 16.5. The van der Waals surface area contributed by atoms with Crippen molar-refractivity contribution in [2.45, 2.75) is 25.3 Å². The van der Waals surface area contributed by atoms with Crippen LogP contribution < -0.4 is 15.4 Å². The molecule has 0 bridgehead atoms. The minimum atomic E-state index is -0.305. The number of nitrogens with one attached hydrogen (secondary N) is 2. The van der Waals surface area contributed by atoms with E-state index in [2.05, 4.69) is 22.5 Å². The van der Waals surface area contributed by atoms with Crippen LogP contribution in [0.2, 0.25) is 0 Å². The van der Waals surface area contributed by atoms with Crippen LogP contribution in [0.15, 0.2) is 42.7 Å².